The van der Waals surface area contributed by atoms with E-state index in [1.807, 2.05) is 19.1 Å². The lowest BCUT2D eigenvalue weighted by atomic mass is 10.1. The molecule has 2 rings (SSSR count). The third kappa shape index (κ3) is 8.89. The van der Waals surface area contributed by atoms with Crippen LogP contribution >= 0.6 is 0 Å². The Morgan fingerprint density at radius 1 is 1.38 bits per heavy atom. The molecule has 1 aliphatic rings. The molecule has 0 aromatic carbocycles. The summed E-state index contributed by atoms with van der Waals surface area (Å²) in [5, 5.41) is 6.41. The molecule has 0 spiro atoms. The summed E-state index contributed by atoms with van der Waals surface area (Å²) in [5.41, 5.74) is 0.986. The van der Waals surface area contributed by atoms with Crippen molar-refractivity contribution in [3.8, 4) is 5.88 Å². The van der Waals surface area contributed by atoms with E-state index in [0.29, 0.717) is 43.8 Å². The van der Waals surface area contributed by atoms with Gasteiger partial charge in [-0.05, 0) is 37.3 Å². The van der Waals surface area contributed by atoms with E-state index in [1.54, 1.807) is 13.2 Å². The molecule has 164 valence electrons. The summed E-state index contributed by atoms with van der Waals surface area (Å²) in [6, 6.07) is 3.72. The summed E-state index contributed by atoms with van der Waals surface area (Å²) < 4.78 is 43.5. The van der Waals surface area contributed by atoms with Crippen LogP contribution in [0.25, 0.3) is 0 Å². The van der Waals surface area contributed by atoms with Crippen LogP contribution in [-0.4, -0.2) is 60.8 Å². The second kappa shape index (κ2) is 10.7. The lowest BCUT2D eigenvalue weighted by Gasteiger charge is -2.20. The molecule has 0 amide bonds. The van der Waals surface area contributed by atoms with Gasteiger partial charge in [0.1, 0.15) is 0 Å². The van der Waals surface area contributed by atoms with Crippen molar-refractivity contribution < 1.29 is 17.9 Å². The van der Waals surface area contributed by atoms with Crippen LogP contribution in [0.4, 0.5) is 13.2 Å². The third-order valence-electron chi connectivity index (χ3n) is 4.62. The fraction of sp³-hybridized carbons (Fsp3) is 0.700. The van der Waals surface area contributed by atoms with Crippen LogP contribution in [0.1, 0.15) is 39.2 Å². The average Bonchev–Trinajstić information content (AvgIpc) is 3.03. The number of nitrogens with one attached hydrogen (secondary N) is 2. The highest BCUT2D eigenvalue weighted by atomic mass is 19.4. The molecule has 0 saturated carbocycles. The van der Waals surface area contributed by atoms with Gasteiger partial charge in [0.05, 0.1) is 12.6 Å². The lowest BCUT2D eigenvalue weighted by molar-refractivity contribution is -0.143. The maximum absolute atomic E-state index is 12.5. The molecule has 2 atom stereocenters. The Morgan fingerprint density at radius 3 is 2.79 bits per heavy atom. The van der Waals surface area contributed by atoms with Crippen molar-refractivity contribution in [3.05, 3.63) is 23.9 Å². The Hall–Kier alpha value is -2.03. The van der Waals surface area contributed by atoms with Gasteiger partial charge in [-0.15, -0.1) is 0 Å². The number of likely N-dealkylation sites (tertiary alicyclic amines) is 1. The van der Waals surface area contributed by atoms with E-state index in [2.05, 4.69) is 34.5 Å². The van der Waals surface area contributed by atoms with Crippen LogP contribution in [0.15, 0.2) is 23.3 Å². The SMILES string of the molecule is CN=C(NCc1ccnc(OC(C)CC(C)C)c1)NC1CCN(CC(F)(F)F)C1. The van der Waals surface area contributed by atoms with Crippen molar-refractivity contribution in [2.24, 2.45) is 10.9 Å². The third-order valence-corrected chi connectivity index (χ3v) is 4.62. The van der Waals surface area contributed by atoms with Gasteiger partial charge in [0.15, 0.2) is 5.96 Å². The van der Waals surface area contributed by atoms with Crippen LogP contribution in [0, 0.1) is 5.92 Å². The summed E-state index contributed by atoms with van der Waals surface area (Å²) >= 11 is 0. The molecule has 1 saturated heterocycles. The van der Waals surface area contributed by atoms with Crippen LogP contribution in [-0.2, 0) is 6.54 Å². The quantitative estimate of drug-likeness (QED) is 0.504. The molecule has 1 aromatic heterocycles. The van der Waals surface area contributed by atoms with Crippen molar-refractivity contribution in [1.29, 1.82) is 0 Å². The number of hydrogen-bond acceptors (Lipinski definition) is 4. The Balaban J connectivity index is 1.81. The molecule has 1 aliphatic heterocycles. The van der Waals surface area contributed by atoms with Gasteiger partial charge in [0.2, 0.25) is 5.88 Å². The van der Waals surface area contributed by atoms with Crippen molar-refractivity contribution >= 4 is 5.96 Å². The first kappa shape index (κ1) is 23.3. The fourth-order valence-electron chi connectivity index (χ4n) is 3.46. The summed E-state index contributed by atoms with van der Waals surface area (Å²) in [6.07, 6.45) is -0.771. The Bertz CT molecular complexity index is 666. The zero-order chi connectivity index (χ0) is 21.4. The molecule has 1 aromatic rings. The number of ether oxygens (including phenoxy) is 1. The van der Waals surface area contributed by atoms with Crippen molar-refractivity contribution in [3.63, 3.8) is 0 Å². The first-order valence-electron chi connectivity index (χ1n) is 10.0. The number of aromatic nitrogens is 1. The number of hydrogen-bond donors (Lipinski definition) is 2. The first-order valence-corrected chi connectivity index (χ1v) is 10.0. The van der Waals surface area contributed by atoms with E-state index in [0.717, 1.165) is 12.0 Å². The minimum absolute atomic E-state index is 0.0585. The number of alkyl halides is 3. The van der Waals surface area contributed by atoms with Crippen LogP contribution in [0.3, 0.4) is 0 Å². The predicted octanol–water partition coefficient (Wildman–Crippen LogP) is 3.20. The highest BCUT2D eigenvalue weighted by Gasteiger charge is 2.34. The zero-order valence-electron chi connectivity index (χ0n) is 17.6. The van der Waals surface area contributed by atoms with Gasteiger partial charge in [0, 0.05) is 45.0 Å². The van der Waals surface area contributed by atoms with Gasteiger partial charge in [-0.2, -0.15) is 13.2 Å². The first-order chi connectivity index (χ1) is 13.6. The molecule has 1 fully saturated rings. The van der Waals surface area contributed by atoms with E-state index in [4.69, 9.17) is 4.74 Å². The van der Waals surface area contributed by atoms with Gasteiger partial charge < -0.3 is 15.4 Å². The number of rotatable bonds is 8. The minimum Gasteiger partial charge on any atom is -0.475 e. The second-order valence-corrected chi connectivity index (χ2v) is 7.97. The summed E-state index contributed by atoms with van der Waals surface area (Å²) in [7, 11) is 1.65. The van der Waals surface area contributed by atoms with Gasteiger partial charge in [-0.25, -0.2) is 4.98 Å². The van der Waals surface area contributed by atoms with Crippen molar-refractivity contribution in [2.45, 2.75) is 58.5 Å². The Labute approximate surface area is 170 Å². The monoisotopic (exact) mass is 415 g/mol. The largest absolute Gasteiger partial charge is 0.475 e. The molecule has 0 aliphatic carbocycles. The maximum Gasteiger partial charge on any atom is 0.401 e. The Kier molecular flexibility index (Phi) is 8.55. The number of halogens is 3. The van der Waals surface area contributed by atoms with E-state index in [1.165, 1.54) is 4.90 Å². The standard InChI is InChI=1S/C20H32F3N5O/c1-14(2)9-15(3)29-18-10-16(5-7-25-18)11-26-19(24-4)27-17-6-8-28(12-17)13-20(21,22)23/h5,7,10,14-15,17H,6,8-9,11-13H2,1-4H3,(H2,24,26,27). The van der Waals surface area contributed by atoms with Gasteiger partial charge >= 0.3 is 6.18 Å². The van der Waals surface area contributed by atoms with Crippen LogP contribution in [0.2, 0.25) is 0 Å². The van der Waals surface area contributed by atoms with Crippen LogP contribution < -0.4 is 15.4 Å². The number of nitrogens with zero attached hydrogens (tertiary/aromatic N) is 3. The topological polar surface area (TPSA) is 61.8 Å². The van der Waals surface area contributed by atoms with Crippen molar-refractivity contribution in [1.82, 2.24) is 20.5 Å². The van der Waals surface area contributed by atoms with Crippen molar-refractivity contribution in [2.75, 3.05) is 26.7 Å². The molecule has 2 heterocycles. The Morgan fingerprint density at radius 2 is 2.14 bits per heavy atom. The highest BCUT2D eigenvalue weighted by Crippen LogP contribution is 2.20. The number of aliphatic imine (C=N–C) groups is 1. The molecule has 2 N–H and O–H groups in total. The maximum atomic E-state index is 12.5. The molecular formula is C20H32F3N5O. The van der Waals surface area contributed by atoms with E-state index in [-0.39, 0.29) is 12.1 Å². The van der Waals surface area contributed by atoms with E-state index < -0.39 is 12.7 Å². The average molecular weight is 416 g/mol. The normalized spacial score (nSPS) is 19.4. The van der Waals surface area contributed by atoms with Crippen LogP contribution in [0.5, 0.6) is 5.88 Å². The number of guanidine groups is 1. The fourth-order valence-corrected chi connectivity index (χ4v) is 3.46. The second-order valence-electron chi connectivity index (χ2n) is 7.97. The highest BCUT2D eigenvalue weighted by molar-refractivity contribution is 5.80. The summed E-state index contributed by atoms with van der Waals surface area (Å²) in [6.45, 7) is 6.75. The lowest BCUT2D eigenvalue weighted by Crippen LogP contribution is -2.44. The van der Waals surface area contributed by atoms with Gasteiger partial charge in [-0.3, -0.25) is 9.89 Å². The molecule has 2 unspecified atom stereocenters. The molecule has 9 heteroatoms. The van der Waals surface area contributed by atoms with E-state index in [9.17, 15) is 13.2 Å². The number of pyridine rings is 1. The predicted molar refractivity (Wildman–Crippen MR) is 108 cm³/mol. The molecule has 0 bridgehead atoms. The molecule has 0 radical (unpaired) electrons. The minimum atomic E-state index is -4.16. The smallest absolute Gasteiger partial charge is 0.401 e. The molecule has 6 nitrogen and oxygen atoms in total. The van der Waals surface area contributed by atoms with Gasteiger partial charge in [0.25, 0.3) is 0 Å². The van der Waals surface area contributed by atoms with E-state index >= 15 is 0 Å². The molecule has 29 heavy (non-hydrogen) atoms. The summed E-state index contributed by atoms with van der Waals surface area (Å²) in [5.74, 6) is 1.70. The molecular weight excluding hydrogens is 383 g/mol. The summed E-state index contributed by atoms with van der Waals surface area (Å²) in [4.78, 5) is 9.85. The van der Waals surface area contributed by atoms with Gasteiger partial charge in [-0.1, -0.05) is 13.8 Å². The zero-order valence-corrected chi connectivity index (χ0v) is 17.6.